The average Bonchev–Trinajstić information content (AvgIpc) is 2.90. The highest BCUT2D eigenvalue weighted by molar-refractivity contribution is 7.20. The predicted octanol–water partition coefficient (Wildman–Crippen LogP) is 1.60. The molecule has 3 heterocycles. The lowest BCUT2D eigenvalue weighted by atomic mass is 10.1. The maximum atomic E-state index is 12.0. The molecule has 0 spiro atoms. The normalized spacial score (nSPS) is 17.1. The van der Waals surface area contributed by atoms with Gasteiger partial charge in [0.2, 0.25) is 0 Å². The molecule has 0 saturated carbocycles. The molecule has 0 aromatic carbocycles. The van der Waals surface area contributed by atoms with Crippen molar-refractivity contribution < 1.29 is 14.6 Å². The van der Waals surface area contributed by atoms with Gasteiger partial charge in [-0.2, -0.15) is 0 Å². The third-order valence-corrected chi connectivity index (χ3v) is 5.61. The number of piperazine rings is 1. The summed E-state index contributed by atoms with van der Waals surface area (Å²) in [5.41, 5.74) is 0.883. The molecule has 8 heteroatoms. The standard InChI is InChI=1S/C17H24N4O3S/c1-10(22)9-20-5-7-21(8-6-20)15-13-11(2)14(17(23)24-4)25-16(13)19-12(3)18-15/h10,22H,5-9H2,1-4H3/t10-/m1/s1. The van der Waals surface area contributed by atoms with Crippen molar-refractivity contribution in [3.63, 3.8) is 0 Å². The SMILES string of the molecule is COC(=O)c1sc2nc(C)nc(N3CCN(C[C@@H](C)O)CC3)c2c1C. The summed E-state index contributed by atoms with van der Waals surface area (Å²) in [7, 11) is 1.39. The molecular weight excluding hydrogens is 340 g/mol. The maximum absolute atomic E-state index is 12.0. The lowest BCUT2D eigenvalue weighted by molar-refractivity contribution is 0.0605. The minimum Gasteiger partial charge on any atom is -0.465 e. The summed E-state index contributed by atoms with van der Waals surface area (Å²) < 4.78 is 4.89. The van der Waals surface area contributed by atoms with Crippen LogP contribution in [0.5, 0.6) is 0 Å². The number of esters is 1. The first-order valence-corrected chi connectivity index (χ1v) is 9.23. The Bertz CT molecular complexity index is 782. The van der Waals surface area contributed by atoms with Crippen molar-refractivity contribution in [2.24, 2.45) is 0 Å². The number of rotatable bonds is 4. The summed E-state index contributed by atoms with van der Waals surface area (Å²) in [5, 5.41) is 10.5. The predicted molar refractivity (Wildman–Crippen MR) is 98.6 cm³/mol. The van der Waals surface area contributed by atoms with Gasteiger partial charge in [0.25, 0.3) is 0 Å². The van der Waals surface area contributed by atoms with Gasteiger partial charge in [0.05, 0.1) is 18.6 Å². The molecule has 1 aliphatic rings. The van der Waals surface area contributed by atoms with E-state index in [0.717, 1.165) is 47.8 Å². The van der Waals surface area contributed by atoms with E-state index in [1.807, 2.05) is 20.8 Å². The highest BCUT2D eigenvalue weighted by Crippen LogP contribution is 2.36. The Kier molecular flexibility index (Phi) is 5.21. The molecule has 0 amide bonds. The summed E-state index contributed by atoms with van der Waals surface area (Å²) >= 11 is 1.36. The van der Waals surface area contributed by atoms with Crippen molar-refractivity contribution in [1.82, 2.24) is 14.9 Å². The Balaban J connectivity index is 1.94. The van der Waals surface area contributed by atoms with Gasteiger partial charge in [-0.15, -0.1) is 11.3 Å². The fourth-order valence-corrected chi connectivity index (χ4v) is 4.39. The van der Waals surface area contributed by atoms with Crippen molar-refractivity contribution in [3.05, 3.63) is 16.3 Å². The molecule has 0 unspecified atom stereocenters. The monoisotopic (exact) mass is 364 g/mol. The van der Waals surface area contributed by atoms with E-state index in [0.29, 0.717) is 17.2 Å². The van der Waals surface area contributed by atoms with Crippen LogP contribution in [0.25, 0.3) is 10.2 Å². The molecule has 0 bridgehead atoms. The van der Waals surface area contributed by atoms with Crippen molar-refractivity contribution >= 4 is 33.3 Å². The van der Waals surface area contributed by atoms with Crippen LogP contribution in [0.1, 0.15) is 28.0 Å². The van der Waals surface area contributed by atoms with E-state index in [1.165, 1.54) is 18.4 Å². The lowest BCUT2D eigenvalue weighted by Gasteiger charge is -2.36. The highest BCUT2D eigenvalue weighted by Gasteiger charge is 2.25. The summed E-state index contributed by atoms with van der Waals surface area (Å²) in [6, 6.07) is 0. The third kappa shape index (κ3) is 3.61. The zero-order chi connectivity index (χ0) is 18.1. The van der Waals surface area contributed by atoms with E-state index < -0.39 is 0 Å². The largest absolute Gasteiger partial charge is 0.465 e. The molecule has 2 aromatic rings. The van der Waals surface area contributed by atoms with Gasteiger partial charge in [-0.25, -0.2) is 14.8 Å². The molecule has 1 N–H and O–H groups in total. The minimum atomic E-state index is -0.328. The van der Waals surface area contributed by atoms with Crippen LogP contribution in [0.2, 0.25) is 0 Å². The molecule has 7 nitrogen and oxygen atoms in total. The van der Waals surface area contributed by atoms with Crippen molar-refractivity contribution in [1.29, 1.82) is 0 Å². The number of aryl methyl sites for hydroxylation is 2. The van der Waals surface area contributed by atoms with Crippen LogP contribution >= 0.6 is 11.3 Å². The number of anilines is 1. The van der Waals surface area contributed by atoms with Gasteiger partial charge in [0.1, 0.15) is 21.3 Å². The molecule has 3 rings (SSSR count). The van der Waals surface area contributed by atoms with Gasteiger partial charge >= 0.3 is 5.97 Å². The second-order valence-corrected chi connectivity index (χ2v) is 7.46. The van der Waals surface area contributed by atoms with Crippen LogP contribution in [0.15, 0.2) is 0 Å². The Hall–Kier alpha value is -1.77. The number of thiophene rings is 1. The second-order valence-electron chi connectivity index (χ2n) is 6.46. The number of aromatic nitrogens is 2. The number of fused-ring (bicyclic) bond motifs is 1. The molecule has 0 radical (unpaired) electrons. The number of carbonyl (C=O) groups excluding carboxylic acids is 1. The summed E-state index contributed by atoms with van der Waals surface area (Å²) in [6.07, 6.45) is -0.318. The minimum absolute atomic E-state index is 0.318. The van der Waals surface area contributed by atoms with Crippen LogP contribution in [0, 0.1) is 13.8 Å². The lowest BCUT2D eigenvalue weighted by Crippen LogP contribution is -2.48. The summed E-state index contributed by atoms with van der Waals surface area (Å²) in [6.45, 7) is 9.73. The zero-order valence-corrected chi connectivity index (χ0v) is 15.9. The molecule has 2 aromatic heterocycles. The van der Waals surface area contributed by atoms with E-state index in [2.05, 4.69) is 19.8 Å². The fraction of sp³-hybridized carbons (Fsp3) is 0.588. The Morgan fingerprint density at radius 3 is 2.56 bits per heavy atom. The molecule has 1 fully saturated rings. The van der Waals surface area contributed by atoms with Gasteiger partial charge in [0.15, 0.2) is 0 Å². The van der Waals surface area contributed by atoms with Gasteiger partial charge in [0, 0.05) is 32.7 Å². The van der Waals surface area contributed by atoms with E-state index in [4.69, 9.17) is 4.74 Å². The molecule has 1 saturated heterocycles. The molecule has 0 aliphatic carbocycles. The smallest absolute Gasteiger partial charge is 0.348 e. The van der Waals surface area contributed by atoms with E-state index in [1.54, 1.807) is 0 Å². The molecular formula is C17H24N4O3S. The van der Waals surface area contributed by atoms with Gasteiger partial charge in [-0.1, -0.05) is 0 Å². The maximum Gasteiger partial charge on any atom is 0.348 e. The molecule has 25 heavy (non-hydrogen) atoms. The number of hydrogen-bond donors (Lipinski definition) is 1. The Morgan fingerprint density at radius 2 is 1.96 bits per heavy atom. The molecule has 136 valence electrons. The van der Waals surface area contributed by atoms with E-state index >= 15 is 0 Å². The second kappa shape index (κ2) is 7.23. The van der Waals surface area contributed by atoms with Gasteiger partial charge in [-0.3, -0.25) is 4.90 Å². The highest BCUT2D eigenvalue weighted by atomic mass is 32.1. The first-order valence-electron chi connectivity index (χ1n) is 8.42. The Labute approximate surface area is 151 Å². The summed E-state index contributed by atoms with van der Waals surface area (Å²) in [4.78, 5) is 27.1. The quantitative estimate of drug-likeness (QED) is 0.826. The number of nitrogens with zero attached hydrogens (tertiary/aromatic N) is 4. The number of carbonyl (C=O) groups is 1. The van der Waals surface area contributed by atoms with Crippen LogP contribution in [-0.2, 0) is 4.74 Å². The van der Waals surface area contributed by atoms with E-state index in [9.17, 15) is 9.90 Å². The van der Waals surface area contributed by atoms with Crippen LogP contribution < -0.4 is 4.90 Å². The van der Waals surface area contributed by atoms with Crippen LogP contribution in [0.4, 0.5) is 5.82 Å². The van der Waals surface area contributed by atoms with Crippen molar-refractivity contribution in [2.45, 2.75) is 26.9 Å². The number of hydrogen-bond acceptors (Lipinski definition) is 8. The Morgan fingerprint density at radius 1 is 1.28 bits per heavy atom. The first kappa shape index (κ1) is 18.0. The average molecular weight is 364 g/mol. The molecule has 1 atom stereocenters. The van der Waals surface area contributed by atoms with E-state index in [-0.39, 0.29) is 12.1 Å². The third-order valence-electron chi connectivity index (χ3n) is 4.45. The van der Waals surface area contributed by atoms with Crippen LogP contribution in [-0.4, -0.2) is 71.9 Å². The van der Waals surface area contributed by atoms with Crippen molar-refractivity contribution in [3.8, 4) is 0 Å². The topological polar surface area (TPSA) is 78.8 Å². The molecule has 1 aliphatic heterocycles. The van der Waals surface area contributed by atoms with Gasteiger partial charge < -0.3 is 14.7 Å². The van der Waals surface area contributed by atoms with Crippen molar-refractivity contribution in [2.75, 3.05) is 44.7 Å². The fourth-order valence-electron chi connectivity index (χ4n) is 3.25. The number of β-amino-alcohol motifs (C(OH)–C–C–N with tert-alkyl or cyclic N) is 1. The summed E-state index contributed by atoms with van der Waals surface area (Å²) in [5.74, 6) is 1.26. The first-order chi connectivity index (χ1) is 11.9. The number of ether oxygens (including phenoxy) is 1. The van der Waals surface area contributed by atoms with Gasteiger partial charge in [-0.05, 0) is 26.3 Å². The zero-order valence-electron chi connectivity index (χ0n) is 15.1. The number of aliphatic hydroxyl groups excluding tert-OH is 1. The number of aliphatic hydroxyl groups is 1. The number of methoxy groups -OCH3 is 1. The van der Waals surface area contributed by atoms with Crippen LogP contribution in [0.3, 0.4) is 0 Å².